The van der Waals surface area contributed by atoms with Crippen molar-refractivity contribution in [2.75, 3.05) is 32.7 Å². The first-order chi connectivity index (χ1) is 11.3. The fourth-order valence-electron chi connectivity index (χ4n) is 4.09. The molecule has 0 radical (unpaired) electrons. The standard InChI is InChI=1S/C17H27BrN4O2/c1-12-15(18)7-19-22(12)14-9-20(10-14)11-17(2,3)13-5-4-6-21(8-13)16(23)24/h7,13-14H,4-6,8-11H2,1-3H3,(H,23,24). The second kappa shape index (κ2) is 6.67. The lowest BCUT2D eigenvalue weighted by Crippen LogP contribution is -2.54. The van der Waals surface area contributed by atoms with Crippen LogP contribution in [0.25, 0.3) is 0 Å². The van der Waals surface area contributed by atoms with Gasteiger partial charge in [-0.25, -0.2) is 4.79 Å². The summed E-state index contributed by atoms with van der Waals surface area (Å²) in [6.07, 6.45) is 3.19. The molecule has 1 N–H and O–H groups in total. The van der Waals surface area contributed by atoms with Crippen LogP contribution in [0.4, 0.5) is 4.79 Å². The normalized spacial score (nSPS) is 23.3. The summed E-state index contributed by atoms with van der Waals surface area (Å²) in [5, 5.41) is 13.7. The van der Waals surface area contributed by atoms with Gasteiger partial charge in [-0.15, -0.1) is 0 Å². The van der Waals surface area contributed by atoms with Gasteiger partial charge in [0.15, 0.2) is 0 Å². The number of hydrogen-bond acceptors (Lipinski definition) is 3. The van der Waals surface area contributed by atoms with Crippen molar-refractivity contribution in [3.63, 3.8) is 0 Å². The maximum Gasteiger partial charge on any atom is 0.407 e. The lowest BCUT2D eigenvalue weighted by Gasteiger charge is -2.47. The van der Waals surface area contributed by atoms with Crippen molar-refractivity contribution in [2.24, 2.45) is 11.3 Å². The van der Waals surface area contributed by atoms with Crippen LogP contribution in [0.3, 0.4) is 0 Å². The number of hydrogen-bond donors (Lipinski definition) is 1. The van der Waals surface area contributed by atoms with Crippen LogP contribution in [0, 0.1) is 18.3 Å². The van der Waals surface area contributed by atoms with E-state index in [0.717, 1.165) is 36.9 Å². The van der Waals surface area contributed by atoms with Crippen LogP contribution in [0.15, 0.2) is 10.7 Å². The van der Waals surface area contributed by atoms with Crippen molar-refractivity contribution in [1.82, 2.24) is 19.6 Å². The Hall–Kier alpha value is -1.08. The fraction of sp³-hybridized carbons (Fsp3) is 0.765. The number of amides is 1. The van der Waals surface area contributed by atoms with Gasteiger partial charge in [0.25, 0.3) is 0 Å². The van der Waals surface area contributed by atoms with Crippen LogP contribution in [-0.4, -0.2) is 63.5 Å². The molecule has 2 fully saturated rings. The summed E-state index contributed by atoms with van der Waals surface area (Å²) >= 11 is 3.52. The van der Waals surface area contributed by atoms with Gasteiger partial charge in [-0.2, -0.15) is 5.10 Å². The average Bonchev–Trinajstić information content (AvgIpc) is 2.82. The average molecular weight is 399 g/mol. The molecule has 24 heavy (non-hydrogen) atoms. The highest BCUT2D eigenvalue weighted by Crippen LogP contribution is 2.37. The van der Waals surface area contributed by atoms with Gasteiger partial charge in [-0.1, -0.05) is 13.8 Å². The van der Waals surface area contributed by atoms with Crippen molar-refractivity contribution in [2.45, 2.75) is 39.7 Å². The van der Waals surface area contributed by atoms with Gasteiger partial charge in [-0.3, -0.25) is 9.58 Å². The quantitative estimate of drug-likeness (QED) is 0.845. The number of nitrogens with zero attached hydrogens (tertiary/aromatic N) is 4. The second-order valence-electron chi connectivity index (χ2n) is 7.93. The fourth-order valence-corrected chi connectivity index (χ4v) is 4.36. The zero-order chi connectivity index (χ0) is 17.5. The van der Waals surface area contributed by atoms with Crippen molar-refractivity contribution in [3.8, 4) is 0 Å². The Labute approximate surface area is 151 Å². The van der Waals surface area contributed by atoms with E-state index < -0.39 is 6.09 Å². The summed E-state index contributed by atoms with van der Waals surface area (Å²) in [7, 11) is 0. The number of rotatable bonds is 4. The van der Waals surface area contributed by atoms with Gasteiger partial charge in [0.2, 0.25) is 0 Å². The smallest absolute Gasteiger partial charge is 0.407 e. The van der Waals surface area contributed by atoms with Gasteiger partial charge < -0.3 is 10.0 Å². The number of carboxylic acid groups (broad SMARTS) is 1. The lowest BCUT2D eigenvalue weighted by molar-refractivity contribution is 0.0128. The van der Waals surface area contributed by atoms with E-state index in [-0.39, 0.29) is 5.41 Å². The van der Waals surface area contributed by atoms with Crippen molar-refractivity contribution >= 4 is 22.0 Å². The van der Waals surface area contributed by atoms with Crippen LogP contribution < -0.4 is 0 Å². The molecule has 1 amide bonds. The van der Waals surface area contributed by atoms with Crippen molar-refractivity contribution < 1.29 is 9.90 Å². The Morgan fingerprint density at radius 2 is 2.12 bits per heavy atom. The third-order valence-electron chi connectivity index (χ3n) is 5.70. The van der Waals surface area contributed by atoms with Gasteiger partial charge >= 0.3 is 6.09 Å². The SMILES string of the molecule is Cc1c(Br)cnn1C1CN(CC(C)(C)C2CCCN(C(=O)O)C2)C1. The molecule has 0 aromatic carbocycles. The molecule has 0 aliphatic carbocycles. The van der Waals surface area contributed by atoms with Crippen LogP contribution in [-0.2, 0) is 0 Å². The molecule has 1 aromatic rings. The second-order valence-corrected chi connectivity index (χ2v) is 8.78. The molecule has 0 bridgehead atoms. The van der Waals surface area contributed by atoms with E-state index in [9.17, 15) is 9.90 Å². The molecule has 0 saturated carbocycles. The highest BCUT2D eigenvalue weighted by molar-refractivity contribution is 9.10. The van der Waals surface area contributed by atoms with Gasteiger partial charge in [0.1, 0.15) is 0 Å². The first-order valence-electron chi connectivity index (χ1n) is 8.68. The van der Waals surface area contributed by atoms with Gasteiger partial charge in [0, 0.05) is 38.4 Å². The molecule has 134 valence electrons. The summed E-state index contributed by atoms with van der Waals surface area (Å²) in [5.74, 6) is 0.432. The molecular weight excluding hydrogens is 372 g/mol. The van der Waals surface area contributed by atoms with E-state index >= 15 is 0 Å². The molecular formula is C17H27BrN4O2. The third-order valence-corrected chi connectivity index (χ3v) is 6.48. The Morgan fingerprint density at radius 1 is 1.42 bits per heavy atom. The van der Waals surface area contributed by atoms with Crippen molar-refractivity contribution in [1.29, 1.82) is 0 Å². The molecule has 0 spiro atoms. The Balaban J connectivity index is 1.54. The Kier molecular flexibility index (Phi) is 4.93. The largest absolute Gasteiger partial charge is 0.465 e. The summed E-state index contributed by atoms with van der Waals surface area (Å²) in [5.41, 5.74) is 1.31. The van der Waals surface area contributed by atoms with Crippen LogP contribution in [0.5, 0.6) is 0 Å². The molecule has 7 heteroatoms. The van der Waals surface area contributed by atoms with E-state index in [1.165, 1.54) is 5.69 Å². The molecule has 3 heterocycles. The summed E-state index contributed by atoms with van der Waals surface area (Å²) in [6, 6.07) is 0.453. The molecule has 1 atom stereocenters. The van der Waals surface area contributed by atoms with Gasteiger partial charge in [0.05, 0.1) is 16.7 Å². The molecule has 1 unspecified atom stereocenters. The minimum atomic E-state index is -0.778. The summed E-state index contributed by atoms with van der Waals surface area (Å²) in [4.78, 5) is 15.3. The monoisotopic (exact) mass is 398 g/mol. The van der Waals surface area contributed by atoms with Gasteiger partial charge in [-0.05, 0) is 47.0 Å². The summed E-state index contributed by atoms with van der Waals surface area (Å²) in [6.45, 7) is 11.1. The first-order valence-corrected chi connectivity index (χ1v) is 9.47. The minimum Gasteiger partial charge on any atom is -0.465 e. The minimum absolute atomic E-state index is 0.124. The highest BCUT2D eigenvalue weighted by atomic mass is 79.9. The molecule has 2 aliphatic heterocycles. The van der Waals surface area contributed by atoms with E-state index in [1.807, 2.05) is 6.20 Å². The molecule has 6 nitrogen and oxygen atoms in total. The number of piperidine rings is 1. The first kappa shape index (κ1) is 17.7. The van der Waals surface area contributed by atoms with Crippen molar-refractivity contribution in [3.05, 3.63) is 16.4 Å². The van der Waals surface area contributed by atoms with Crippen LogP contribution >= 0.6 is 15.9 Å². The number of carbonyl (C=O) groups is 1. The molecule has 2 aliphatic rings. The van der Waals surface area contributed by atoms with E-state index in [1.54, 1.807) is 4.90 Å². The predicted molar refractivity (Wildman–Crippen MR) is 96.2 cm³/mol. The Morgan fingerprint density at radius 3 is 2.71 bits per heavy atom. The van der Waals surface area contributed by atoms with E-state index in [4.69, 9.17) is 0 Å². The number of halogens is 1. The van der Waals surface area contributed by atoms with E-state index in [2.05, 4.69) is 51.4 Å². The van der Waals surface area contributed by atoms with E-state index in [0.29, 0.717) is 25.0 Å². The zero-order valence-corrected chi connectivity index (χ0v) is 16.3. The lowest BCUT2D eigenvalue weighted by atomic mass is 9.73. The maximum absolute atomic E-state index is 11.3. The Bertz CT molecular complexity index is 610. The highest BCUT2D eigenvalue weighted by Gasteiger charge is 2.39. The maximum atomic E-state index is 11.3. The number of aromatic nitrogens is 2. The molecule has 1 aromatic heterocycles. The number of likely N-dealkylation sites (tertiary alicyclic amines) is 2. The van der Waals surface area contributed by atoms with Crippen LogP contribution in [0.1, 0.15) is 38.4 Å². The molecule has 3 rings (SSSR count). The zero-order valence-electron chi connectivity index (χ0n) is 14.7. The topological polar surface area (TPSA) is 61.6 Å². The van der Waals surface area contributed by atoms with Crippen LogP contribution in [0.2, 0.25) is 0 Å². The third kappa shape index (κ3) is 3.47. The molecule has 2 saturated heterocycles. The predicted octanol–water partition coefficient (Wildman–Crippen LogP) is 3.23. The summed E-state index contributed by atoms with van der Waals surface area (Å²) < 4.78 is 3.18.